The van der Waals surface area contributed by atoms with E-state index in [0.29, 0.717) is 22.3 Å². The van der Waals surface area contributed by atoms with Crippen LogP contribution in [0.4, 0.5) is 5.13 Å². The van der Waals surface area contributed by atoms with Gasteiger partial charge in [-0.05, 0) is 24.1 Å². The molecule has 3 aromatic rings. The average Bonchev–Trinajstić information content (AvgIpc) is 3.15. The van der Waals surface area contributed by atoms with Crippen molar-refractivity contribution in [2.24, 2.45) is 5.92 Å². The van der Waals surface area contributed by atoms with Crippen molar-refractivity contribution >= 4 is 39.9 Å². The number of amides is 2. The lowest BCUT2D eigenvalue weighted by atomic mass is 10.1. The summed E-state index contributed by atoms with van der Waals surface area (Å²) in [6.07, 6.45) is 0. The second-order valence-electron chi connectivity index (χ2n) is 7.04. The molecule has 2 amide bonds. The van der Waals surface area contributed by atoms with Crippen LogP contribution in [0.15, 0.2) is 60.0 Å². The highest BCUT2D eigenvalue weighted by Gasteiger charge is 2.21. The zero-order valence-corrected chi connectivity index (χ0v) is 17.8. The Morgan fingerprint density at radius 1 is 1.14 bits per heavy atom. The third-order valence-electron chi connectivity index (χ3n) is 4.10. The highest BCUT2D eigenvalue weighted by Crippen LogP contribution is 2.24. The Morgan fingerprint density at radius 3 is 2.59 bits per heavy atom. The fraction of sp³-hybridized carbons (Fsp3) is 0.227. The zero-order valence-electron chi connectivity index (χ0n) is 16.3. The van der Waals surface area contributed by atoms with Crippen LogP contribution in [0.25, 0.3) is 11.3 Å². The van der Waals surface area contributed by atoms with E-state index in [1.54, 1.807) is 24.3 Å². The third kappa shape index (κ3) is 5.89. The van der Waals surface area contributed by atoms with Crippen LogP contribution in [0.1, 0.15) is 24.2 Å². The molecule has 1 aromatic heterocycles. The minimum atomic E-state index is -0.282. The Labute approximate surface area is 179 Å². The third-order valence-corrected chi connectivity index (χ3v) is 5.09. The van der Waals surface area contributed by atoms with Gasteiger partial charge in [0.05, 0.1) is 5.69 Å². The molecule has 0 aliphatic carbocycles. The maximum atomic E-state index is 12.9. The van der Waals surface area contributed by atoms with Crippen LogP contribution in [-0.4, -0.2) is 34.8 Å². The van der Waals surface area contributed by atoms with E-state index in [-0.39, 0.29) is 24.3 Å². The summed E-state index contributed by atoms with van der Waals surface area (Å²) in [5, 5.41) is 5.69. The van der Waals surface area contributed by atoms with Gasteiger partial charge in [0, 0.05) is 28.1 Å². The standard InChI is InChI=1S/C22H22ClN3O2S/c1-15(2)12-26(21(28)17-9-6-10-18(23)11-17)13-20(27)25-22-24-19(14-29-22)16-7-4-3-5-8-16/h3-11,14-15H,12-13H2,1-2H3,(H,24,25,27). The van der Waals surface area contributed by atoms with Crippen molar-refractivity contribution in [3.05, 3.63) is 70.6 Å². The molecule has 0 aliphatic rings. The largest absolute Gasteiger partial charge is 0.329 e. The molecule has 2 aromatic carbocycles. The summed E-state index contributed by atoms with van der Waals surface area (Å²) in [7, 11) is 0. The highest BCUT2D eigenvalue weighted by molar-refractivity contribution is 7.14. The van der Waals surface area contributed by atoms with Crippen molar-refractivity contribution in [2.75, 3.05) is 18.4 Å². The Hall–Kier alpha value is -2.70. The topological polar surface area (TPSA) is 62.3 Å². The van der Waals surface area contributed by atoms with Crippen molar-refractivity contribution in [3.8, 4) is 11.3 Å². The van der Waals surface area contributed by atoms with Gasteiger partial charge in [0.25, 0.3) is 5.91 Å². The number of nitrogens with zero attached hydrogens (tertiary/aromatic N) is 2. The van der Waals surface area contributed by atoms with Crippen LogP contribution in [0.3, 0.4) is 0 Å². The molecule has 1 N–H and O–H groups in total. The van der Waals surface area contributed by atoms with Gasteiger partial charge in [-0.15, -0.1) is 11.3 Å². The van der Waals surface area contributed by atoms with Gasteiger partial charge in [0.1, 0.15) is 6.54 Å². The fourth-order valence-corrected chi connectivity index (χ4v) is 3.80. The summed E-state index contributed by atoms with van der Waals surface area (Å²) in [4.78, 5) is 31.5. The second kappa shape index (κ2) is 9.67. The van der Waals surface area contributed by atoms with Crippen LogP contribution in [0.2, 0.25) is 5.02 Å². The van der Waals surface area contributed by atoms with Gasteiger partial charge >= 0.3 is 0 Å². The van der Waals surface area contributed by atoms with Gasteiger partial charge in [-0.3, -0.25) is 9.59 Å². The van der Waals surface area contributed by atoms with Crippen LogP contribution in [0, 0.1) is 5.92 Å². The van der Waals surface area contributed by atoms with E-state index < -0.39 is 0 Å². The van der Waals surface area contributed by atoms with Crippen molar-refractivity contribution in [1.29, 1.82) is 0 Å². The summed E-state index contributed by atoms with van der Waals surface area (Å²) >= 11 is 7.36. The summed E-state index contributed by atoms with van der Waals surface area (Å²) in [6.45, 7) is 4.42. The Morgan fingerprint density at radius 2 is 1.90 bits per heavy atom. The number of benzene rings is 2. The van der Waals surface area contributed by atoms with Crippen LogP contribution in [-0.2, 0) is 4.79 Å². The Balaban J connectivity index is 1.69. The van der Waals surface area contributed by atoms with Gasteiger partial charge in [-0.2, -0.15) is 0 Å². The minimum absolute atomic E-state index is 0.0518. The van der Waals surface area contributed by atoms with Crippen molar-refractivity contribution in [2.45, 2.75) is 13.8 Å². The SMILES string of the molecule is CC(C)CN(CC(=O)Nc1nc(-c2ccccc2)cs1)C(=O)c1cccc(Cl)c1. The number of carbonyl (C=O) groups excluding carboxylic acids is 2. The quantitative estimate of drug-likeness (QED) is 0.563. The molecule has 0 radical (unpaired) electrons. The van der Waals surface area contributed by atoms with Crippen LogP contribution >= 0.6 is 22.9 Å². The van der Waals surface area contributed by atoms with E-state index in [0.717, 1.165) is 11.3 Å². The molecule has 0 fully saturated rings. The summed E-state index contributed by atoms with van der Waals surface area (Å²) in [6, 6.07) is 16.5. The van der Waals surface area contributed by atoms with E-state index in [9.17, 15) is 9.59 Å². The number of anilines is 1. The van der Waals surface area contributed by atoms with E-state index in [1.807, 2.05) is 49.6 Å². The predicted molar refractivity (Wildman–Crippen MR) is 118 cm³/mol. The van der Waals surface area contributed by atoms with Crippen molar-refractivity contribution in [3.63, 3.8) is 0 Å². The summed E-state index contributed by atoms with van der Waals surface area (Å²) < 4.78 is 0. The van der Waals surface area contributed by atoms with Crippen LogP contribution < -0.4 is 5.32 Å². The molecule has 0 saturated carbocycles. The lowest BCUT2D eigenvalue weighted by molar-refractivity contribution is -0.117. The molecule has 150 valence electrons. The van der Waals surface area contributed by atoms with E-state index >= 15 is 0 Å². The number of halogens is 1. The van der Waals surface area contributed by atoms with E-state index in [2.05, 4.69) is 10.3 Å². The molecule has 3 rings (SSSR count). The van der Waals surface area contributed by atoms with E-state index in [1.165, 1.54) is 16.2 Å². The number of hydrogen-bond acceptors (Lipinski definition) is 4. The number of hydrogen-bond donors (Lipinski definition) is 1. The molecule has 0 bridgehead atoms. The van der Waals surface area contributed by atoms with Crippen molar-refractivity contribution in [1.82, 2.24) is 9.88 Å². The molecule has 0 atom stereocenters. The first kappa shape index (κ1) is 21.0. The smallest absolute Gasteiger partial charge is 0.254 e. The fourth-order valence-electron chi connectivity index (χ4n) is 2.87. The molecule has 0 saturated heterocycles. The number of carbonyl (C=O) groups is 2. The lowest BCUT2D eigenvalue weighted by Gasteiger charge is -2.24. The molecule has 0 aliphatic heterocycles. The predicted octanol–water partition coefficient (Wildman–Crippen LogP) is 5.20. The first-order valence-corrected chi connectivity index (χ1v) is 10.5. The van der Waals surface area contributed by atoms with Gasteiger partial charge in [0.15, 0.2) is 5.13 Å². The molecule has 7 heteroatoms. The molecule has 0 unspecified atom stereocenters. The summed E-state index contributed by atoms with van der Waals surface area (Å²) in [5.41, 5.74) is 2.26. The lowest BCUT2D eigenvalue weighted by Crippen LogP contribution is -2.40. The zero-order chi connectivity index (χ0) is 20.8. The molecule has 1 heterocycles. The normalized spacial score (nSPS) is 10.8. The molecular formula is C22H22ClN3O2S. The monoisotopic (exact) mass is 427 g/mol. The first-order valence-electron chi connectivity index (χ1n) is 9.28. The highest BCUT2D eigenvalue weighted by atomic mass is 35.5. The number of thiazole rings is 1. The number of nitrogens with one attached hydrogen (secondary N) is 1. The Kier molecular flexibility index (Phi) is 7.01. The maximum absolute atomic E-state index is 12.9. The maximum Gasteiger partial charge on any atom is 0.254 e. The second-order valence-corrected chi connectivity index (χ2v) is 8.34. The van der Waals surface area contributed by atoms with E-state index in [4.69, 9.17) is 11.6 Å². The first-order chi connectivity index (χ1) is 13.9. The summed E-state index contributed by atoms with van der Waals surface area (Å²) in [5.74, 6) is -0.286. The molecular weight excluding hydrogens is 406 g/mol. The molecule has 29 heavy (non-hydrogen) atoms. The number of aromatic nitrogens is 1. The molecule has 0 spiro atoms. The number of rotatable bonds is 7. The molecule has 5 nitrogen and oxygen atoms in total. The van der Waals surface area contributed by atoms with Crippen molar-refractivity contribution < 1.29 is 9.59 Å². The van der Waals surface area contributed by atoms with Crippen LogP contribution in [0.5, 0.6) is 0 Å². The Bertz CT molecular complexity index is 988. The van der Waals surface area contributed by atoms with Gasteiger partial charge in [0.2, 0.25) is 5.91 Å². The average molecular weight is 428 g/mol. The van der Waals surface area contributed by atoms with Gasteiger partial charge < -0.3 is 10.2 Å². The van der Waals surface area contributed by atoms with Gasteiger partial charge in [-0.25, -0.2) is 4.98 Å². The van der Waals surface area contributed by atoms with Gasteiger partial charge in [-0.1, -0.05) is 61.8 Å². The minimum Gasteiger partial charge on any atom is -0.329 e.